The number of ether oxygens (including phenoxy) is 4. The molecule has 0 fully saturated rings. The number of benzene rings is 3. The second kappa shape index (κ2) is 20.8. The molecule has 4 N–H and O–H groups in total. The van der Waals surface area contributed by atoms with Crippen LogP contribution in [0.5, 0.6) is 5.75 Å². The lowest BCUT2D eigenvalue weighted by molar-refractivity contribution is -0.384. The molecule has 270 valence electrons. The monoisotopic (exact) mass is 705 g/mol. The van der Waals surface area contributed by atoms with Crippen LogP contribution in [0.4, 0.5) is 25.8 Å². The normalized spacial score (nSPS) is 11.5. The number of nitro groups is 1. The Balaban J connectivity index is 1.53. The molecule has 51 heavy (non-hydrogen) atoms. The first-order chi connectivity index (χ1) is 24.5. The van der Waals surface area contributed by atoms with Crippen molar-refractivity contribution in [1.29, 1.82) is 0 Å². The largest absolute Gasteiger partial charge is 0.514 e. The van der Waals surface area contributed by atoms with Crippen molar-refractivity contribution >= 4 is 41.5 Å². The molecular weight excluding hydrogens is 666 g/mol. The second-order valence-corrected chi connectivity index (χ2v) is 10.9. The van der Waals surface area contributed by atoms with Gasteiger partial charge in [0.05, 0.1) is 4.92 Å². The minimum absolute atomic E-state index is 0.0123. The molecule has 3 aromatic carbocycles. The van der Waals surface area contributed by atoms with Crippen LogP contribution in [0.15, 0.2) is 91.5 Å². The molecule has 0 saturated heterocycles. The number of non-ortho nitro benzene ring substituents is 1. The fourth-order valence-corrected chi connectivity index (χ4v) is 4.24. The Morgan fingerprint density at radius 3 is 2.14 bits per heavy atom. The van der Waals surface area contributed by atoms with Crippen molar-refractivity contribution in [3.63, 3.8) is 0 Å². The van der Waals surface area contributed by atoms with E-state index in [-0.39, 0.29) is 44.2 Å². The standard InChI is InChI=1S/C35H39N5O11/c1-3-21-48-33(43)36-20-8-7-11-30(39-31(41)24(2)37-34(44)49-22-25-9-5-4-6-10-25)32(42)38-27-14-12-26(13-15-27)23-50-35(45)51-29-18-16-28(17-19-29)40(46)47/h3-6,9-10,12-19,24,30H,1,7-8,11,20-23H2,2H3,(H,36,43)(H,37,44)(H,38,42)(H,39,41)/t24-,30+/m1/s1. The van der Waals surface area contributed by atoms with E-state index in [9.17, 15) is 34.1 Å². The maximum atomic E-state index is 13.3. The van der Waals surface area contributed by atoms with Crippen molar-refractivity contribution in [3.05, 3.63) is 113 Å². The van der Waals surface area contributed by atoms with Crippen molar-refractivity contribution < 1.29 is 47.8 Å². The maximum absolute atomic E-state index is 13.3. The summed E-state index contributed by atoms with van der Waals surface area (Å²) < 4.78 is 20.1. The fraction of sp³-hybridized carbons (Fsp3) is 0.286. The van der Waals surface area contributed by atoms with Gasteiger partial charge in [-0.15, -0.1) is 0 Å². The van der Waals surface area contributed by atoms with Crippen LogP contribution in [0.25, 0.3) is 0 Å². The molecule has 0 aliphatic carbocycles. The Hall–Kier alpha value is -6.45. The highest BCUT2D eigenvalue weighted by Crippen LogP contribution is 2.18. The Morgan fingerprint density at radius 1 is 0.804 bits per heavy atom. The summed E-state index contributed by atoms with van der Waals surface area (Å²) in [5.41, 5.74) is 1.57. The molecule has 3 rings (SSSR count). The number of carbonyl (C=O) groups excluding carboxylic acids is 5. The number of unbranched alkanes of at least 4 members (excludes halogenated alkanes) is 1. The van der Waals surface area contributed by atoms with E-state index in [1.165, 1.54) is 37.3 Å². The van der Waals surface area contributed by atoms with Crippen LogP contribution in [-0.2, 0) is 37.0 Å². The molecule has 0 aliphatic heterocycles. The van der Waals surface area contributed by atoms with Crippen molar-refractivity contribution in [2.45, 2.75) is 51.5 Å². The van der Waals surface area contributed by atoms with Crippen molar-refractivity contribution in [3.8, 4) is 5.75 Å². The van der Waals surface area contributed by atoms with Crippen LogP contribution in [0, 0.1) is 10.1 Å². The van der Waals surface area contributed by atoms with Gasteiger partial charge in [0.2, 0.25) is 11.8 Å². The summed E-state index contributed by atoms with van der Waals surface area (Å²) >= 11 is 0. The molecule has 2 atom stereocenters. The Bertz CT molecular complexity index is 1630. The van der Waals surface area contributed by atoms with Crippen molar-refractivity contribution in [2.75, 3.05) is 18.5 Å². The molecule has 0 saturated carbocycles. The Kier molecular flexibility index (Phi) is 15.9. The minimum Gasteiger partial charge on any atom is -0.445 e. The van der Waals surface area contributed by atoms with Gasteiger partial charge < -0.3 is 40.2 Å². The number of rotatable bonds is 18. The minimum atomic E-state index is -1.03. The molecular formula is C35H39N5O11. The number of hydrogen-bond acceptors (Lipinski definition) is 11. The predicted octanol–water partition coefficient (Wildman–Crippen LogP) is 5.13. The summed E-state index contributed by atoms with van der Waals surface area (Å²) in [6.45, 7) is 5.12. The first-order valence-corrected chi connectivity index (χ1v) is 15.8. The van der Waals surface area contributed by atoms with Gasteiger partial charge in [-0.3, -0.25) is 19.7 Å². The van der Waals surface area contributed by atoms with Gasteiger partial charge in [-0.2, -0.15) is 0 Å². The van der Waals surface area contributed by atoms with Gasteiger partial charge in [-0.25, -0.2) is 14.4 Å². The zero-order valence-electron chi connectivity index (χ0n) is 27.8. The molecule has 16 heteroatoms. The highest BCUT2D eigenvalue weighted by molar-refractivity contribution is 5.98. The van der Waals surface area contributed by atoms with Gasteiger partial charge >= 0.3 is 18.3 Å². The summed E-state index contributed by atoms with van der Waals surface area (Å²) in [4.78, 5) is 72.5. The number of anilines is 1. The zero-order valence-corrected chi connectivity index (χ0v) is 27.8. The summed E-state index contributed by atoms with van der Waals surface area (Å²) in [6.07, 6.45) is 0.129. The third-order valence-corrected chi connectivity index (χ3v) is 6.92. The van der Waals surface area contributed by atoms with E-state index in [0.29, 0.717) is 24.1 Å². The molecule has 0 radical (unpaired) electrons. The summed E-state index contributed by atoms with van der Waals surface area (Å²) in [5, 5.41) is 21.2. The molecule has 0 bridgehead atoms. The van der Waals surface area contributed by atoms with E-state index in [0.717, 1.165) is 5.56 Å². The highest BCUT2D eigenvalue weighted by atomic mass is 16.7. The molecule has 3 aromatic rings. The topological polar surface area (TPSA) is 214 Å². The predicted molar refractivity (Wildman–Crippen MR) is 184 cm³/mol. The van der Waals surface area contributed by atoms with E-state index in [1.54, 1.807) is 48.5 Å². The first kappa shape index (κ1) is 39.0. The van der Waals surface area contributed by atoms with Gasteiger partial charge in [0.25, 0.3) is 5.69 Å². The average Bonchev–Trinajstić information content (AvgIpc) is 3.12. The number of amides is 4. The van der Waals surface area contributed by atoms with Crippen LogP contribution in [0.2, 0.25) is 0 Å². The summed E-state index contributed by atoms with van der Waals surface area (Å²) in [6, 6.07) is 18.2. The highest BCUT2D eigenvalue weighted by Gasteiger charge is 2.25. The van der Waals surface area contributed by atoms with Gasteiger partial charge in [0, 0.05) is 24.4 Å². The molecule has 16 nitrogen and oxygen atoms in total. The third-order valence-electron chi connectivity index (χ3n) is 6.92. The number of hydrogen-bond donors (Lipinski definition) is 4. The van der Waals surface area contributed by atoms with Crippen molar-refractivity contribution in [2.24, 2.45) is 0 Å². The van der Waals surface area contributed by atoms with E-state index < -0.39 is 47.2 Å². The van der Waals surface area contributed by atoms with Gasteiger partial charge in [-0.05, 0) is 61.6 Å². The first-order valence-electron chi connectivity index (χ1n) is 15.8. The number of alkyl carbamates (subject to hydrolysis) is 2. The number of nitro benzene ring substituents is 1. The number of nitrogens with one attached hydrogen (secondary N) is 4. The quantitative estimate of drug-likeness (QED) is 0.0259. The number of nitrogens with zero attached hydrogens (tertiary/aromatic N) is 1. The lowest BCUT2D eigenvalue weighted by Gasteiger charge is -2.21. The molecule has 0 aromatic heterocycles. The Labute approximate surface area is 293 Å². The van der Waals surface area contributed by atoms with Crippen LogP contribution in [0.1, 0.15) is 37.3 Å². The molecule has 0 spiro atoms. The lowest BCUT2D eigenvalue weighted by Crippen LogP contribution is -2.51. The van der Waals surface area contributed by atoms with E-state index >= 15 is 0 Å². The smallest absolute Gasteiger partial charge is 0.445 e. The zero-order chi connectivity index (χ0) is 37.0. The summed E-state index contributed by atoms with van der Waals surface area (Å²) in [7, 11) is 0. The molecule has 0 aliphatic rings. The van der Waals surface area contributed by atoms with Gasteiger partial charge in [-0.1, -0.05) is 55.1 Å². The van der Waals surface area contributed by atoms with Crippen LogP contribution < -0.4 is 26.0 Å². The average molecular weight is 706 g/mol. The van der Waals surface area contributed by atoms with E-state index in [2.05, 4.69) is 27.8 Å². The Morgan fingerprint density at radius 2 is 1.47 bits per heavy atom. The van der Waals surface area contributed by atoms with E-state index in [1.807, 2.05) is 6.07 Å². The van der Waals surface area contributed by atoms with Crippen LogP contribution in [-0.4, -0.2) is 60.3 Å². The van der Waals surface area contributed by atoms with Crippen LogP contribution in [0.3, 0.4) is 0 Å². The molecule has 0 unspecified atom stereocenters. The lowest BCUT2D eigenvalue weighted by atomic mass is 10.1. The molecule has 4 amide bonds. The van der Waals surface area contributed by atoms with Gasteiger partial charge in [0.1, 0.15) is 37.7 Å². The number of carbonyl (C=O) groups is 5. The maximum Gasteiger partial charge on any atom is 0.514 e. The van der Waals surface area contributed by atoms with Gasteiger partial charge in [0.15, 0.2) is 0 Å². The fourth-order valence-electron chi connectivity index (χ4n) is 4.24. The van der Waals surface area contributed by atoms with Crippen molar-refractivity contribution in [1.82, 2.24) is 16.0 Å². The van der Waals surface area contributed by atoms with Crippen LogP contribution >= 0.6 is 0 Å². The second-order valence-electron chi connectivity index (χ2n) is 10.9. The summed E-state index contributed by atoms with van der Waals surface area (Å²) in [5.74, 6) is -1.08. The SMILES string of the molecule is C=CCOC(=O)NCCCC[C@H](NC(=O)[C@@H](C)NC(=O)OCc1ccccc1)C(=O)Nc1ccc(COC(=O)Oc2ccc([N+](=O)[O-])cc2)cc1. The van der Waals surface area contributed by atoms with E-state index in [4.69, 9.17) is 18.9 Å². The molecule has 0 heterocycles. The third kappa shape index (κ3) is 14.7.